The van der Waals surface area contributed by atoms with E-state index in [0.29, 0.717) is 0 Å². The summed E-state index contributed by atoms with van der Waals surface area (Å²) in [6.07, 6.45) is 0. The van der Waals surface area contributed by atoms with E-state index in [1.165, 1.54) is 0 Å². The summed E-state index contributed by atoms with van der Waals surface area (Å²) in [5.41, 5.74) is -0.686. The van der Waals surface area contributed by atoms with Gasteiger partial charge in [-0.15, -0.1) is 0 Å². The minimum Gasteiger partial charge on any atom is -1.00 e. The van der Waals surface area contributed by atoms with Crippen LogP contribution in [0.5, 0.6) is 0 Å². The van der Waals surface area contributed by atoms with Crippen molar-refractivity contribution >= 4 is 15.1 Å². The average Bonchev–Trinajstić information content (AvgIpc) is 1.70. The van der Waals surface area contributed by atoms with Gasteiger partial charge in [0.1, 0.15) is 0 Å². The molecule has 0 saturated carbocycles. The van der Waals surface area contributed by atoms with E-state index in [-0.39, 0.29) is 47.8 Å². The molecule has 98 valence electrons. The van der Waals surface area contributed by atoms with E-state index >= 15 is 0 Å². The van der Waals surface area contributed by atoms with Crippen LogP contribution in [0.25, 0.3) is 0 Å². The normalized spacial score (nSPS) is 13.2. The maximum Gasteiger partial charge on any atom is 1.00 e. The molecular formula is C12H28AlNaO3. The van der Waals surface area contributed by atoms with E-state index in [1.54, 1.807) is 0 Å². The first-order valence-corrected chi connectivity index (χ1v) is 7.23. The summed E-state index contributed by atoms with van der Waals surface area (Å²) in [5.74, 6) is 0. The van der Waals surface area contributed by atoms with E-state index in [4.69, 9.17) is 11.4 Å². The minimum atomic E-state index is -2.11. The number of hydrogen-bond acceptors (Lipinski definition) is 3. The molecule has 5 heteroatoms. The van der Waals surface area contributed by atoms with Gasteiger partial charge >= 0.3 is 44.7 Å². The van der Waals surface area contributed by atoms with Crippen LogP contribution < -0.4 is 29.6 Å². The second-order valence-electron chi connectivity index (χ2n) is 6.98. The molecule has 0 unspecified atom stereocenters. The second-order valence-corrected chi connectivity index (χ2v) is 8.26. The van der Waals surface area contributed by atoms with Crippen molar-refractivity contribution in [2.45, 2.75) is 79.1 Å². The van der Waals surface area contributed by atoms with Crippen LogP contribution in [0.15, 0.2) is 0 Å². The Bertz CT molecular complexity index is 181. The largest absolute Gasteiger partial charge is 1.00 e. The monoisotopic (exact) mass is 270 g/mol. The third kappa shape index (κ3) is 15.4. The molecule has 0 aliphatic carbocycles. The van der Waals surface area contributed by atoms with Crippen LogP contribution in [-0.2, 0) is 11.4 Å². The molecule has 0 heterocycles. The quantitative estimate of drug-likeness (QED) is 0.700. The van der Waals surface area contributed by atoms with Crippen LogP contribution in [0, 0.1) is 0 Å². The molecule has 0 aromatic carbocycles. The Hall–Kier alpha value is 1.41. The molecule has 17 heavy (non-hydrogen) atoms. The smallest absolute Gasteiger partial charge is 1.00 e. The van der Waals surface area contributed by atoms with Gasteiger partial charge in [-0.1, -0.05) is 0 Å². The zero-order valence-corrected chi connectivity index (χ0v) is 16.5. The molecule has 0 atom stereocenters. The van der Waals surface area contributed by atoms with Gasteiger partial charge in [-0.25, -0.2) is 0 Å². The Balaban J connectivity index is -0.00000112. The fourth-order valence-electron chi connectivity index (χ4n) is 0.938. The van der Waals surface area contributed by atoms with Crippen LogP contribution in [-0.4, -0.2) is 32.0 Å². The first-order chi connectivity index (χ1) is 6.79. The van der Waals surface area contributed by atoms with Gasteiger partial charge < -0.3 is 12.8 Å². The third-order valence-electron chi connectivity index (χ3n) is 1.35. The van der Waals surface area contributed by atoms with Crippen LogP contribution in [0.1, 0.15) is 63.7 Å². The predicted molar refractivity (Wildman–Crippen MR) is 69.4 cm³/mol. The van der Waals surface area contributed by atoms with Crippen molar-refractivity contribution in [3.63, 3.8) is 0 Å². The van der Waals surface area contributed by atoms with Crippen molar-refractivity contribution in [2.75, 3.05) is 0 Å². The van der Waals surface area contributed by atoms with Crippen LogP contribution in [0.3, 0.4) is 0 Å². The molecule has 0 spiro atoms. The maximum atomic E-state index is 5.88. The molecule has 0 aliphatic rings. The molecule has 3 nitrogen and oxygen atoms in total. The summed E-state index contributed by atoms with van der Waals surface area (Å²) in [5, 5.41) is 0. The van der Waals surface area contributed by atoms with Gasteiger partial charge in [0.15, 0.2) is 0 Å². The summed E-state index contributed by atoms with van der Waals surface area (Å²) in [6.45, 7) is 18.2. The van der Waals surface area contributed by atoms with Gasteiger partial charge in [-0.3, -0.25) is 0 Å². The van der Waals surface area contributed by atoms with Gasteiger partial charge in [0.25, 0.3) is 0 Å². The van der Waals surface area contributed by atoms with Crippen LogP contribution in [0.4, 0.5) is 0 Å². The second kappa shape index (κ2) is 7.26. The van der Waals surface area contributed by atoms with Gasteiger partial charge in [0, 0.05) is 16.8 Å². The topological polar surface area (TPSA) is 27.7 Å². The predicted octanol–water partition coefficient (Wildman–Crippen LogP) is 0.533. The molecule has 0 radical (unpaired) electrons. The zero-order valence-electron chi connectivity index (χ0n) is 14.3. The first-order valence-electron chi connectivity index (χ1n) is 5.82. The summed E-state index contributed by atoms with van der Waals surface area (Å²) < 4.78 is 17.7. The van der Waals surface area contributed by atoms with E-state index < -0.39 is 15.1 Å². The Kier molecular flexibility index (Phi) is 8.85. The van der Waals surface area contributed by atoms with Crippen molar-refractivity contribution < 1.29 is 42.3 Å². The molecule has 0 fully saturated rings. The molecule has 0 rings (SSSR count). The van der Waals surface area contributed by atoms with Gasteiger partial charge in [0.2, 0.25) is 0 Å². The van der Waals surface area contributed by atoms with Crippen molar-refractivity contribution in [3.05, 3.63) is 0 Å². The molecule has 0 bridgehead atoms. The van der Waals surface area contributed by atoms with Crippen molar-refractivity contribution in [1.82, 2.24) is 0 Å². The summed E-state index contributed by atoms with van der Waals surface area (Å²) >= 11 is -2.11. The van der Waals surface area contributed by atoms with Gasteiger partial charge in [0.05, 0.1) is 0 Å². The molecular weight excluding hydrogens is 242 g/mol. The zero-order chi connectivity index (χ0) is 13.2. The van der Waals surface area contributed by atoms with E-state index in [2.05, 4.69) is 0 Å². The Morgan fingerprint density at radius 1 is 0.588 bits per heavy atom. The van der Waals surface area contributed by atoms with Crippen molar-refractivity contribution in [3.8, 4) is 0 Å². The van der Waals surface area contributed by atoms with E-state index in [9.17, 15) is 0 Å². The summed E-state index contributed by atoms with van der Waals surface area (Å²) in [6, 6.07) is 0. The molecule has 0 saturated heterocycles. The van der Waals surface area contributed by atoms with E-state index in [1.807, 2.05) is 62.3 Å². The van der Waals surface area contributed by atoms with Gasteiger partial charge in [-0.2, -0.15) is 0 Å². The molecule has 0 aromatic heterocycles. The van der Waals surface area contributed by atoms with Crippen LogP contribution >= 0.6 is 0 Å². The fraction of sp³-hybridized carbons (Fsp3) is 1.00. The van der Waals surface area contributed by atoms with Crippen molar-refractivity contribution in [1.29, 1.82) is 0 Å². The van der Waals surface area contributed by atoms with Crippen LogP contribution in [0.2, 0.25) is 0 Å². The SMILES string of the molecule is CC(C)(C)[O][Al]([O]C(C)(C)C)[O]C(C)(C)C.[H-].[Na+]. The molecule has 0 N–H and O–H groups in total. The van der Waals surface area contributed by atoms with Gasteiger partial charge in [-0.05, 0) is 62.3 Å². The first kappa shape index (κ1) is 20.7. The summed E-state index contributed by atoms with van der Waals surface area (Å²) in [7, 11) is 0. The molecule has 0 aliphatic heterocycles. The Labute approximate surface area is 136 Å². The maximum absolute atomic E-state index is 5.88. The summed E-state index contributed by atoms with van der Waals surface area (Å²) in [4.78, 5) is 0. The average molecular weight is 270 g/mol. The third-order valence-corrected chi connectivity index (χ3v) is 4.05. The molecule has 0 amide bonds. The number of rotatable bonds is 3. The molecule has 0 aromatic rings. The Morgan fingerprint density at radius 2 is 0.765 bits per heavy atom. The number of hydrogen-bond donors (Lipinski definition) is 0. The fourth-order valence-corrected chi connectivity index (χ4v) is 2.81. The Morgan fingerprint density at radius 3 is 0.882 bits per heavy atom. The standard InChI is InChI=1S/3C4H9O.Al.Na.H/c3*1-4(2,3)5;;;/h3*1-3H3;;;/q3*-1;+3;+1;-1. The minimum absolute atomic E-state index is 0. The van der Waals surface area contributed by atoms with Crippen molar-refractivity contribution in [2.24, 2.45) is 0 Å². The van der Waals surface area contributed by atoms with E-state index in [0.717, 1.165) is 0 Å².